The molecule has 2 aromatic carbocycles. The molecule has 0 aromatic heterocycles. The van der Waals surface area contributed by atoms with E-state index in [1.807, 2.05) is 27.7 Å². The third-order valence-corrected chi connectivity index (χ3v) is 4.55. The van der Waals surface area contributed by atoms with Gasteiger partial charge in [-0.05, 0) is 63.1 Å². The van der Waals surface area contributed by atoms with Crippen molar-refractivity contribution >= 4 is 17.5 Å². The van der Waals surface area contributed by atoms with E-state index in [1.165, 1.54) is 0 Å². The minimum Gasteiger partial charge on any atom is -0.490 e. The largest absolute Gasteiger partial charge is 0.490 e. The molecule has 6 heteroatoms. The first-order chi connectivity index (χ1) is 14.5. The van der Waals surface area contributed by atoms with E-state index >= 15 is 0 Å². The Morgan fingerprint density at radius 2 is 1.50 bits per heavy atom. The quantitative estimate of drug-likeness (QED) is 0.564. The van der Waals surface area contributed by atoms with E-state index in [0.29, 0.717) is 54.6 Å². The van der Waals surface area contributed by atoms with Crippen LogP contribution < -0.4 is 14.8 Å². The number of nitrogens with one attached hydrogen (secondary N) is 1. The number of hydrogen-bond donors (Lipinski definition) is 1. The van der Waals surface area contributed by atoms with Crippen molar-refractivity contribution in [2.24, 2.45) is 0 Å². The molecule has 2 aromatic rings. The van der Waals surface area contributed by atoms with Crippen LogP contribution in [0.3, 0.4) is 0 Å². The van der Waals surface area contributed by atoms with Crippen LogP contribution in [0.25, 0.3) is 0 Å². The second-order valence-corrected chi connectivity index (χ2v) is 6.87. The lowest BCUT2D eigenvalue weighted by atomic mass is 10.1. The predicted octanol–water partition coefficient (Wildman–Crippen LogP) is 5.00. The Balaban J connectivity index is 2.19. The lowest BCUT2D eigenvalue weighted by molar-refractivity contribution is 0.0772. The zero-order valence-electron chi connectivity index (χ0n) is 18.4. The Kier molecular flexibility index (Phi) is 9.19. The van der Waals surface area contributed by atoms with Gasteiger partial charge in [-0.3, -0.25) is 9.59 Å². The normalized spacial score (nSPS) is 10.4. The van der Waals surface area contributed by atoms with Crippen LogP contribution in [0.1, 0.15) is 61.3 Å². The first-order valence-electron chi connectivity index (χ1n) is 10.6. The maximum absolute atomic E-state index is 12.8. The van der Waals surface area contributed by atoms with Crippen LogP contribution in [0.15, 0.2) is 42.5 Å². The molecule has 0 aliphatic heterocycles. The first kappa shape index (κ1) is 23.3. The summed E-state index contributed by atoms with van der Waals surface area (Å²) < 4.78 is 11.5. The van der Waals surface area contributed by atoms with E-state index in [2.05, 4.69) is 5.32 Å². The Hall–Kier alpha value is -3.02. The zero-order valence-corrected chi connectivity index (χ0v) is 18.4. The molecule has 162 valence electrons. The molecule has 30 heavy (non-hydrogen) atoms. The number of nitrogens with zero attached hydrogens (tertiary/aromatic N) is 1. The Morgan fingerprint density at radius 1 is 0.833 bits per heavy atom. The molecule has 0 spiro atoms. The van der Waals surface area contributed by atoms with Crippen LogP contribution in [0, 0.1) is 0 Å². The smallest absolute Gasteiger partial charge is 0.255 e. The SMILES string of the molecule is CCCOc1ccc(C(=O)Nc2cccc(C(=O)N(CC)CC)c2)cc1OCCC. The Morgan fingerprint density at radius 3 is 2.13 bits per heavy atom. The van der Waals surface area contributed by atoms with Crippen LogP contribution in [0.4, 0.5) is 5.69 Å². The van der Waals surface area contributed by atoms with Gasteiger partial charge in [-0.25, -0.2) is 0 Å². The Bertz CT molecular complexity index is 847. The summed E-state index contributed by atoms with van der Waals surface area (Å²) in [5, 5.41) is 2.87. The highest BCUT2D eigenvalue weighted by Gasteiger charge is 2.15. The van der Waals surface area contributed by atoms with Crippen molar-refractivity contribution < 1.29 is 19.1 Å². The zero-order chi connectivity index (χ0) is 21.9. The molecule has 0 saturated heterocycles. The lowest BCUT2D eigenvalue weighted by Crippen LogP contribution is -2.30. The van der Waals surface area contributed by atoms with E-state index in [1.54, 1.807) is 47.4 Å². The third-order valence-electron chi connectivity index (χ3n) is 4.55. The summed E-state index contributed by atoms with van der Waals surface area (Å²) in [6.07, 6.45) is 1.75. The van der Waals surface area contributed by atoms with Gasteiger partial charge < -0.3 is 19.7 Å². The molecule has 0 radical (unpaired) electrons. The van der Waals surface area contributed by atoms with Crippen molar-refractivity contribution in [3.63, 3.8) is 0 Å². The van der Waals surface area contributed by atoms with E-state index < -0.39 is 0 Å². The van der Waals surface area contributed by atoms with Gasteiger partial charge in [0.25, 0.3) is 11.8 Å². The molecule has 0 atom stereocenters. The van der Waals surface area contributed by atoms with E-state index in [0.717, 1.165) is 12.8 Å². The highest BCUT2D eigenvalue weighted by Crippen LogP contribution is 2.29. The molecule has 0 heterocycles. The molecule has 2 rings (SSSR count). The highest BCUT2D eigenvalue weighted by atomic mass is 16.5. The van der Waals surface area contributed by atoms with Gasteiger partial charge in [0.1, 0.15) is 0 Å². The fourth-order valence-electron chi connectivity index (χ4n) is 2.93. The molecule has 0 aliphatic rings. The Labute approximate surface area is 179 Å². The van der Waals surface area contributed by atoms with Crippen LogP contribution in [0.2, 0.25) is 0 Å². The van der Waals surface area contributed by atoms with E-state index in [-0.39, 0.29) is 11.8 Å². The second-order valence-electron chi connectivity index (χ2n) is 6.87. The molecular weight excluding hydrogens is 380 g/mol. The minimum absolute atomic E-state index is 0.0521. The first-order valence-corrected chi connectivity index (χ1v) is 10.6. The number of amides is 2. The summed E-state index contributed by atoms with van der Waals surface area (Å²) in [7, 11) is 0. The van der Waals surface area contributed by atoms with Crippen molar-refractivity contribution in [2.75, 3.05) is 31.6 Å². The van der Waals surface area contributed by atoms with Crippen molar-refractivity contribution in [1.82, 2.24) is 4.90 Å². The maximum Gasteiger partial charge on any atom is 0.255 e. The van der Waals surface area contributed by atoms with Crippen LogP contribution >= 0.6 is 0 Å². The van der Waals surface area contributed by atoms with Gasteiger partial charge in [0.2, 0.25) is 0 Å². The third kappa shape index (κ3) is 6.24. The summed E-state index contributed by atoms with van der Waals surface area (Å²) in [6.45, 7) is 10.4. The molecule has 1 N–H and O–H groups in total. The molecule has 0 bridgehead atoms. The average molecular weight is 413 g/mol. The molecule has 0 aliphatic carbocycles. The lowest BCUT2D eigenvalue weighted by Gasteiger charge is -2.19. The fraction of sp³-hybridized carbons (Fsp3) is 0.417. The number of carbonyl (C=O) groups is 2. The van der Waals surface area contributed by atoms with Crippen molar-refractivity contribution in [1.29, 1.82) is 0 Å². The summed E-state index contributed by atoms with van der Waals surface area (Å²) in [4.78, 5) is 27.1. The van der Waals surface area contributed by atoms with Gasteiger partial charge in [0.15, 0.2) is 11.5 Å². The topological polar surface area (TPSA) is 67.9 Å². The van der Waals surface area contributed by atoms with Gasteiger partial charge in [-0.1, -0.05) is 19.9 Å². The fourth-order valence-corrected chi connectivity index (χ4v) is 2.93. The number of benzene rings is 2. The summed E-state index contributed by atoms with van der Waals surface area (Å²) in [5.41, 5.74) is 1.58. The number of hydrogen-bond acceptors (Lipinski definition) is 4. The van der Waals surface area contributed by atoms with E-state index in [9.17, 15) is 9.59 Å². The van der Waals surface area contributed by atoms with Crippen molar-refractivity contribution in [3.8, 4) is 11.5 Å². The van der Waals surface area contributed by atoms with Crippen molar-refractivity contribution in [2.45, 2.75) is 40.5 Å². The second kappa shape index (κ2) is 11.9. The van der Waals surface area contributed by atoms with Crippen LogP contribution in [-0.2, 0) is 0 Å². The molecule has 0 fully saturated rings. The van der Waals surface area contributed by atoms with Gasteiger partial charge in [0.05, 0.1) is 13.2 Å². The monoisotopic (exact) mass is 412 g/mol. The average Bonchev–Trinajstić information content (AvgIpc) is 2.77. The highest BCUT2D eigenvalue weighted by molar-refractivity contribution is 6.05. The van der Waals surface area contributed by atoms with Crippen LogP contribution in [-0.4, -0.2) is 43.0 Å². The number of anilines is 1. The van der Waals surface area contributed by atoms with Gasteiger partial charge in [0, 0.05) is 29.9 Å². The number of rotatable bonds is 11. The molecular formula is C24H32N2O4. The van der Waals surface area contributed by atoms with E-state index in [4.69, 9.17) is 9.47 Å². The van der Waals surface area contributed by atoms with Gasteiger partial charge >= 0.3 is 0 Å². The summed E-state index contributed by atoms with van der Waals surface area (Å²) in [6, 6.07) is 12.2. The van der Waals surface area contributed by atoms with Crippen LogP contribution in [0.5, 0.6) is 11.5 Å². The van der Waals surface area contributed by atoms with Gasteiger partial charge in [-0.15, -0.1) is 0 Å². The summed E-state index contributed by atoms with van der Waals surface area (Å²) >= 11 is 0. The minimum atomic E-state index is -0.272. The molecule has 0 saturated carbocycles. The molecule has 2 amide bonds. The van der Waals surface area contributed by atoms with Gasteiger partial charge in [-0.2, -0.15) is 0 Å². The number of ether oxygens (including phenoxy) is 2. The summed E-state index contributed by atoms with van der Waals surface area (Å²) in [5.74, 6) is 0.867. The van der Waals surface area contributed by atoms with Crippen molar-refractivity contribution in [3.05, 3.63) is 53.6 Å². The standard InChI is InChI=1S/C24H32N2O4/c1-5-14-29-21-13-12-18(17-22(21)30-15-6-2)23(27)25-20-11-9-10-19(16-20)24(28)26(7-3)8-4/h9-13,16-17H,5-8,14-15H2,1-4H3,(H,25,27). The molecule has 6 nitrogen and oxygen atoms in total. The number of carbonyl (C=O) groups excluding carboxylic acids is 2. The predicted molar refractivity (Wildman–Crippen MR) is 120 cm³/mol. The maximum atomic E-state index is 12.8. The molecule has 0 unspecified atom stereocenters.